The zero-order valence-corrected chi connectivity index (χ0v) is 8.88. The normalized spacial score (nSPS) is 24.4. The summed E-state index contributed by atoms with van der Waals surface area (Å²) in [6, 6.07) is -0.129. The molecule has 5 nitrogen and oxygen atoms in total. The fourth-order valence-corrected chi connectivity index (χ4v) is 2.64. The summed E-state index contributed by atoms with van der Waals surface area (Å²) in [4.78, 5) is 11.1. The Kier molecular flexibility index (Phi) is 3.28. The largest absolute Gasteiger partial charge is 0.351 e. The number of amides is 1. The number of nitrogens with zero attached hydrogens (tertiary/aromatic N) is 1. The van der Waals surface area contributed by atoms with Gasteiger partial charge in [0.15, 0.2) is 0 Å². The fraction of sp³-hybridized carbons (Fsp3) is 0.625. The van der Waals surface area contributed by atoms with Gasteiger partial charge in [0.2, 0.25) is 15.9 Å². The summed E-state index contributed by atoms with van der Waals surface area (Å²) in [6.45, 7) is 5.40. The van der Waals surface area contributed by atoms with E-state index in [1.807, 2.05) is 0 Å². The fourth-order valence-electron chi connectivity index (χ4n) is 1.36. The second-order valence-corrected chi connectivity index (χ2v) is 5.34. The highest BCUT2D eigenvalue weighted by Gasteiger charge is 2.29. The smallest absolute Gasteiger partial charge is 0.235 e. The summed E-state index contributed by atoms with van der Waals surface area (Å²) in [5.74, 6) is -0.371. The molecule has 0 aromatic rings. The molecule has 0 aromatic heterocycles. The van der Waals surface area contributed by atoms with Crippen LogP contribution in [0.4, 0.5) is 0 Å². The lowest BCUT2D eigenvalue weighted by Gasteiger charge is -2.29. The van der Waals surface area contributed by atoms with Crippen molar-refractivity contribution in [2.24, 2.45) is 0 Å². The quantitative estimate of drug-likeness (QED) is 0.638. The van der Waals surface area contributed by atoms with Crippen molar-refractivity contribution in [1.82, 2.24) is 9.62 Å². The van der Waals surface area contributed by atoms with Crippen LogP contribution < -0.4 is 5.32 Å². The maximum atomic E-state index is 11.6. The zero-order chi connectivity index (χ0) is 10.8. The molecule has 0 bridgehead atoms. The van der Waals surface area contributed by atoms with E-state index in [9.17, 15) is 13.2 Å². The molecule has 14 heavy (non-hydrogen) atoms. The maximum absolute atomic E-state index is 11.6. The highest BCUT2D eigenvalue weighted by atomic mass is 32.2. The van der Waals surface area contributed by atoms with Crippen molar-refractivity contribution in [3.8, 4) is 0 Å². The molecule has 80 valence electrons. The van der Waals surface area contributed by atoms with Crippen LogP contribution in [0.3, 0.4) is 0 Å². The Morgan fingerprint density at radius 3 is 2.86 bits per heavy atom. The lowest BCUT2D eigenvalue weighted by atomic mass is 10.3. The van der Waals surface area contributed by atoms with Crippen LogP contribution in [-0.4, -0.2) is 43.5 Å². The Bertz CT molecular complexity index is 336. The van der Waals surface area contributed by atoms with Gasteiger partial charge in [0.05, 0.1) is 12.3 Å². The van der Waals surface area contributed by atoms with Gasteiger partial charge in [-0.05, 0) is 6.92 Å². The first-order valence-corrected chi connectivity index (χ1v) is 5.94. The van der Waals surface area contributed by atoms with E-state index in [2.05, 4.69) is 11.9 Å². The van der Waals surface area contributed by atoms with Crippen molar-refractivity contribution in [2.75, 3.05) is 18.8 Å². The number of rotatable bonds is 3. The maximum Gasteiger partial charge on any atom is 0.235 e. The number of nitrogens with one attached hydrogen (secondary N) is 1. The number of carbonyl (C=O) groups is 1. The van der Waals surface area contributed by atoms with Crippen LogP contribution in [0.15, 0.2) is 12.7 Å². The highest BCUT2D eigenvalue weighted by Crippen LogP contribution is 2.07. The Balaban J connectivity index is 2.77. The molecule has 1 N–H and O–H groups in total. The first-order chi connectivity index (χ1) is 6.45. The Hall–Kier alpha value is -0.880. The minimum Gasteiger partial charge on any atom is -0.351 e. The molecule has 0 spiro atoms. The number of hydrogen-bond donors (Lipinski definition) is 1. The standard InChI is InChI=1S/C8H14N2O3S/c1-3-4-14(12,13)10-5-7(2)9-8(11)6-10/h3,7H,1,4-6H2,2H3,(H,9,11). The van der Waals surface area contributed by atoms with Gasteiger partial charge in [0.25, 0.3) is 0 Å². The minimum atomic E-state index is -3.34. The van der Waals surface area contributed by atoms with E-state index in [1.165, 1.54) is 10.4 Å². The van der Waals surface area contributed by atoms with Crippen LogP contribution in [0.2, 0.25) is 0 Å². The Morgan fingerprint density at radius 1 is 1.71 bits per heavy atom. The van der Waals surface area contributed by atoms with Gasteiger partial charge in [-0.2, -0.15) is 4.31 Å². The van der Waals surface area contributed by atoms with E-state index in [-0.39, 0.29) is 24.2 Å². The summed E-state index contributed by atoms with van der Waals surface area (Å²) in [6.07, 6.45) is 1.33. The third kappa shape index (κ3) is 2.55. The van der Waals surface area contributed by atoms with Gasteiger partial charge in [-0.3, -0.25) is 4.79 Å². The van der Waals surface area contributed by atoms with Crippen molar-refractivity contribution in [3.63, 3.8) is 0 Å². The molecule has 1 fully saturated rings. The van der Waals surface area contributed by atoms with Crippen LogP contribution >= 0.6 is 0 Å². The summed E-state index contributed by atoms with van der Waals surface area (Å²) in [7, 11) is -3.34. The molecule has 1 atom stereocenters. The number of carbonyl (C=O) groups excluding carboxylic acids is 1. The molecule has 1 heterocycles. The van der Waals surface area contributed by atoms with E-state index in [0.717, 1.165) is 0 Å². The summed E-state index contributed by atoms with van der Waals surface area (Å²) in [5, 5.41) is 2.65. The predicted molar refractivity (Wildman–Crippen MR) is 53.2 cm³/mol. The lowest BCUT2D eigenvalue weighted by molar-refractivity contribution is -0.123. The molecule has 0 aromatic carbocycles. The topological polar surface area (TPSA) is 66.5 Å². The Morgan fingerprint density at radius 2 is 2.36 bits per heavy atom. The van der Waals surface area contributed by atoms with E-state index < -0.39 is 10.0 Å². The van der Waals surface area contributed by atoms with Gasteiger partial charge < -0.3 is 5.32 Å². The first-order valence-electron chi connectivity index (χ1n) is 4.34. The third-order valence-corrected chi connectivity index (χ3v) is 3.65. The van der Waals surface area contributed by atoms with Gasteiger partial charge in [-0.25, -0.2) is 8.42 Å². The molecule has 1 unspecified atom stereocenters. The predicted octanol–water partition coefficient (Wildman–Crippen LogP) is -0.677. The molecule has 1 aliphatic heterocycles. The third-order valence-electron chi connectivity index (χ3n) is 1.93. The molecule has 1 rings (SSSR count). The summed E-state index contributed by atoms with van der Waals surface area (Å²) >= 11 is 0. The molecule has 1 aliphatic rings. The zero-order valence-electron chi connectivity index (χ0n) is 8.06. The molecular formula is C8H14N2O3S. The van der Waals surface area contributed by atoms with E-state index >= 15 is 0 Å². The first kappa shape index (κ1) is 11.2. The van der Waals surface area contributed by atoms with E-state index in [1.54, 1.807) is 6.92 Å². The van der Waals surface area contributed by atoms with Crippen LogP contribution in [0.1, 0.15) is 6.92 Å². The van der Waals surface area contributed by atoms with Crippen LogP contribution in [0, 0.1) is 0 Å². The second-order valence-electron chi connectivity index (χ2n) is 3.33. The van der Waals surface area contributed by atoms with Crippen molar-refractivity contribution in [3.05, 3.63) is 12.7 Å². The summed E-state index contributed by atoms with van der Waals surface area (Å²) < 4.78 is 24.3. The second kappa shape index (κ2) is 4.10. The number of sulfonamides is 1. The van der Waals surface area contributed by atoms with Gasteiger partial charge in [0.1, 0.15) is 0 Å². The van der Waals surface area contributed by atoms with E-state index in [0.29, 0.717) is 6.54 Å². The highest BCUT2D eigenvalue weighted by molar-refractivity contribution is 7.89. The van der Waals surface area contributed by atoms with E-state index in [4.69, 9.17) is 0 Å². The average Bonchev–Trinajstić information content (AvgIpc) is 2.02. The van der Waals surface area contributed by atoms with Crippen LogP contribution in [0.25, 0.3) is 0 Å². The molecular weight excluding hydrogens is 204 g/mol. The number of hydrogen-bond acceptors (Lipinski definition) is 3. The van der Waals surface area contributed by atoms with Crippen LogP contribution in [0.5, 0.6) is 0 Å². The molecule has 0 aliphatic carbocycles. The van der Waals surface area contributed by atoms with Crippen molar-refractivity contribution in [1.29, 1.82) is 0 Å². The van der Waals surface area contributed by atoms with Crippen molar-refractivity contribution in [2.45, 2.75) is 13.0 Å². The molecule has 0 saturated carbocycles. The lowest BCUT2D eigenvalue weighted by Crippen LogP contribution is -2.54. The molecule has 6 heteroatoms. The number of piperazine rings is 1. The molecule has 0 radical (unpaired) electrons. The van der Waals surface area contributed by atoms with Gasteiger partial charge in [0, 0.05) is 12.6 Å². The van der Waals surface area contributed by atoms with Gasteiger partial charge >= 0.3 is 0 Å². The molecule has 1 amide bonds. The van der Waals surface area contributed by atoms with Crippen LogP contribution in [-0.2, 0) is 14.8 Å². The molecule has 1 saturated heterocycles. The van der Waals surface area contributed by atoms with Gasteiger partial charge in [-0.1, -0.05) is 6.08 Å². The SMILES string of the molecule is C=CCS(=O)(=O)N1CC(=O)NC(C)C1. The summed E-state index contributed by atoms with van der Waals surface area (Å²) in [5.41, 5.74) is 0. The monoisotopic (exact) mass is 218 g/mol. The van der Waals surface area contributed by atoms with Crippen molar-refractivity contribution >= 4 is 15.9 Å². The van der Waals surface area contributed by atoms with Crippen molar-refractivity contribution < 1.29 is 13.2 Å². The average molecular weight is 218 g/mol. The minimum absolute atomic E-state index is 0.0828. The van der Waals surface area contributed by atoms with Gasteiger partial charge in [-0.15, -0.1) is 6.58 Å². The Labute approximate surface area is 83.8 Å².